The quantitative estimate of drug-likeness (QED) is 0.673. The van der Waals surface area contributed by atoms with Crippen LogP contribution in [-0.2, 0) is 6.54 Å². The summed E-state index contributed by atoms with van der Waals surface area (Å²) >= 11 is 0. The maximum Gasteiger partial charge on any atom is 0.150 e. The molecule has 14 heavy (non-hydrogen) atoms. The number of nitrogens with zero attached hydrogens (tertiary/aromatic N) is 1. The molecular formula is C11H13NO2. The van der Waals surface area contributed by atoms with Crippen LogP contribution in [0.3, 0.4) is 0 Å². The molecule has 2 rings (SSSR count). The Bertz CT molecular complexity index is 362. The summed E-state index contributed by atoms with van der Waals surface area (Å²) in [5.41, 5.74) is 2.47. The molecular weight excluding hydrogens is 178 g/mol. The Morgan fingerprint density at radius 1 is 1.57 bits per heavy atom. The van der Waals surface area contributed by atoms with Crippen molar-refractivity contribution in [3.05, 3.63) is 34.9 Å². The van der Waals surface area contributed by atoms with Crippen molar-refractivity contribution in [1.29, 1.82) is 0 Å². The second-order valence-electron chi connectivity index (χ2n) is 3.75. The molecule has 1 aromatic rings. The van der Waals surface area contributed by atoms with Crippen LogP contribution in [0.4, 0.5) is 0 Å². The molecule has 1 aliphatic rings. The number of hydrogen-bond acceptors (Lipinski definition) is 3. The minimum atomic E-state index is -0.537. The van der Waals surface area contributed by atoms with Crippen LogP contribution in [0.15, 0.2) is 18.2 Å². The number of hydrogen-bond donors (Lipinski definition) is 1. The molecule has 1 N–H and O–H groups in total. The predicted molar refractivity (Wildman–Crippen MR) is 53.1 cm³/mol. The fraction of sp³-hybridized carbons (Fsp3) is 0.364. The molecule has 74 valence electrons. The molecule has 0 bridgehead atoms. The van der Waals surface area contributed by atoms with Crippen LogP contribution in [0, 0.1) is 0 Å². The van der Waals surface area contributed by atoms with Crippen LogP contribution in [0.25, 0.3) is 0 Å². The van der Waals surface area contributed by atoms with Gasteiger partial charge in [0, 0.05) is 18.7 Å². The summed E-state index contributed by atoms with van der Waals surface area (Å²) in [5.74, 6) is 0. The van der Waals surface area contributed by atoms with Crippen LogP contribution in [0.5, 0.6) is 0 Å². The van der Waals surface area contributed by atoms with Crippen LogP contribution < -0.4 is 0 Å². The second kappa shape index (κ2) is 3.52. The van der Waals surface area contributed by atoms with Gasteiger partial charge in [-0.2, -0.15) is 0 Å². The van der Waals surface area contributed by atoms with E-state index in [1.807, 2.05) is 24.1 Å². The zero-order valence-electron chi connectivity index (χ0n) is 8.10. The molecule has 0 aromatic heterocycles. The highest BCUT2D eigenvalue weighted by atomic mass is 16.3. The van der Waals surface area contributed by atoms with Crippen molar-refractivity contribution in [3.63, 3.8) is 0 Å². The van der Waals surface area contributed by atoms with E-state index in [-0.39, 0.29) is 0 Å². The Morgan fingerprint density at radius 2 is 2.36 bits per heavy atom. The number of carbonyl (C=O) groups excluding carboxylic acids is 1. The number of fused-ring (bicyclic) bond motifs is 1. The number of aldehydes is 1. The lowest BCUT2D eigenvalue weighted by Gasteiger charge is -2.29. The second-order valence-corrected chi connectivity index (χ2v) is 3.75. The van der Waals surface area contributed by atoms with E-state index < -0.39 is 6.10 Å². The van der Waals surface area contributed by atoms with Crippen molar-refractivity contribution < 1.29 is 9.90 Å². The summed E-state index contributed by atoms with van der Waals surface area (Å²) in [6, 6.07) is 5.57. The van der Waals surface area contributed by atoms with Gasteiger partial charge in [0.05, 0.1) is 6.10 Å². The summed E-state index contributed by atoms with van der Waals surface area (Å²) < 4.78 is 0. The van der Waals surface area contributed by atoms with E-state index in [0.29, 0.717) is 12.1 Å². The first-order valence-corrected chi connectivity index (χ1v) is 4.66. The molecule has 0 radical (unpaired) electrons. The van der Waals surface area contributed by atoms with Crippen molar-refractivity contribution >= 4 is 6.29 Å². The Morgan fingerprint density at radius 3 is 3.07 bits per heavy atom. The molecule has 0 unspecified atom stereocenters. The summed E-state index contributed by atoms with van der Waals surface area (Å²) in [7, 11) is 1.96. The van der Waals surface area contributed by atoms with Gasteiger partial charge in [-0.1, -0.05) is 18.2 Å². The highest BCUT2D eigenvalue weighted by Crippen LogP contribution is 2.27. The number of β-amino-alcohol motifs (C(OH)–C–C–N with tert-alkyl or cyclic N) is 1. The Hall–Kier alpha value is -1.19. The van der Waals surface area contributed by atoms with Gasteiger partial charge in [0.25, 0.3) is 0 Å². The minimum absolute atomic E-state index is 0.537. The maximum absolute atomic E-state index is 10.8. The van der Waals surface area contributed by atoms with Crippen LogP contribution >= 0.6 is 0 Å². The van der Waals surface area contributed by atoms with Crippen LogP contribution in [0.1, 0.15) is 27.6 Å². The number of likely N-dealkylation sites (N-methyl/N-ethyl adjacent to an activating group) is 1. The first-order chi connectivity index (χ1) is 6.72. The molecule has 1 atom stereocenters. The molecule has 0 fully saturated rings. The molecule has 0 aliphatic carbocycles. The van der Waals surface area contributed by atoms with E-state index in [4.69, 9.17) is 0 Å². The van der Waals surface area contributed by atoms with Gasteiger partial charge in [0.2, 0.25) is 0 Å². The van der Waals surface area contributed by atoms with Gasteiger partial charge >= 0.3 is 0 Å². The van der Waals surface area contributed by atoms with Gasteiger partial charge < -0.3 is 5.11 Å². The lowest BCUT2D eigenvalue weighted by atomic mass is 9.93. The average molecular weight is 191 g/mol. The van der Waals surface area contributed by atoms with Crippen molar-refractivity contribution in [3.8, 4) is 0 Å². The number of rotatable bonds is 1. The fourth-order valence-corrected chi connectivity index (χ4v) is 2.02. The monoisotopic (exact) mass is 191 g/mol. The van der Waals surface area contributed by atoms with Crippen molar-refractivity contribution in [2.45, 2.75) is 12.6 Å². The first-order valence-electron chi connectivity index (χ1n) is 4.66. The number of aliphatic hydroxyl groups is 1. The van der Waals surface area contributed by atoms with E-state index in [1.165, 1.54) is 0 Å². The highest BCUT2D eigenvalue weighted by Gasteiger charge is 2.23. The van der Waals surface area contributed by atoms with Crippen LogP contribution in [-0.4, -0.2) is 29.9 Å². The zero-order chi connectivity index (χ0) is 10.1. The Kier molecular flexibility index (Phi) is 2.35. The standard InChI is InChI=1S/C11H13NO2/c1-12-5-8-3-2-4-9(7-13)11(8)10(14)6-12/h2-4,7,10,14H,5-6H2,1H3/t10-/m0/s1. The summed E-state index contributed by atoms with van der Waals surface area (Å²) in [5, 5.41) is 9.84. The largest absolute Gasteiger partial charge is 0.387 e. The molecule has 0 spiro atoms. The van der Waals surface area contributed by atoms with Crippen molar-refractivity contribution in [1.82, 2.24) is 4.90 Å². The molecule has 1 aromatic carbocycles. The topological polar surface area (TPSA) is 40.5 Å². The summed E-state index contributed by atoms with van der Waals surface area (Å²) in [6.45, 7) is 1.39. The van der Waals surface area contributed by atoms with Gasteiger partial charge in [-0.15, -0.1) is 0 Å². The predicted octanol–water partition coefficient (Wildman–Crippen LogP) is 0.978. The lowest BCUT2D eigenvalue weighted by Crippen LogP contribution is -2.31. The summed E-state index contributed by atoms with van der Waals surface area (Å²) in [4.78, 5) is 12.8. The van der Waals surface area contributed by atoms with Crippen molar-refractivity contribution in [2.24, 2.45) is 0 Å². The number of carbonyl (C=O) groups is 1. The SMILES string of the molecule is CN1Cc2cccc(C=O)c2[C@@H](O)C1. The maximum atomic E-state index is 10.8. The fourth-order valence-electron chi connectivity index (χ4n) is 2.02. The van der Waals surface area contributed by atoms with E-state index in [0.717, 1.165) is 24.0 Å². The van der Waals surface area contributed by atoms with E-state index in [2.05, 4.69) is 0 Å². The average Bonchev–Trinajstić information content (AvgIpc) is 2.16. The highest BCUT2D eigenvalue weighted by molar-refractivity contribution is 5.78. The molecule has 3 nitrogen and oxygen atoms in total. The normalized spacial score (nSPS) is 21.7. The molecule has 0 saturated carbocycles. The first kappa shape index (κ1) is 9.37. The molecule has 0 amide bonds. The van der Waals surface area contributed by atoms with Gasteiger partial charge in [0.15, 0.2) is 0 Å². The zero-order valence-corrected chi connectivity index (χ0v) is 8.10. The molecule has 1 aliphatic heterocycles. The van der Waals surface area contributed by atoms with E-state index >= 15 is 0 Å². The number of aliphatic hydroxyl groups excluding tert-OH is 1. The third-order valence-corrected chi connectivity index (χ3v) is 2.62. The molecule has 3 heteroatoms. The Balaban J connectivity index is 2.52. The smallest absolute Gasteiger partial charge is 0.150 e. The van der Waals surface area contributed by atoms with Gasteiger partial charge in [0.1, 0.15) is 6.29 Å². The third-order valence-electron chi connectivity index (χ3n) is 2.62. The van der Waals surface area contributed by atoms with E-state index in [9.17, 15) is 9.90 Å². The van der Waals surface area contributed by atoms with E-state index in [1.54, 1.807) is 6.07 Å². The molecule has 1 heterocycles. The van der Waals surface area contributed by atoms with Gasteiger partial charge in [-0.05, 0) is 18.2 Å². The van der Waals surface area contributed by atoms with Gasteiger partial charge in [-0.25, -0.2) is 0 Å². The molecule has 0 saturated heterocycles. The van der Waals surface area contributed by atoms with Crippen molar-refractivity contribution in [2.75, 3.05) is 13.6 Å². The number of benzene rings is 1. The Labute approximate surface area is 83.0 Å². The van der Waals surface area contributed by atoms with Gasteiger partial charge in [-0.3, -0.25) is 9.69 Å². The summed E-state index contributed by atoms with van der Waals surface area (Å²) in [6.07, 6.45) is 0.276. The lowest BCUT2D eigenvalue weighted by molar-refractivity contribution is 0.102. The van der Waals surface area contributed by atoms with Crippen LogP contribution in [0.2, 0.25) is 0 Å². The third kappa shape index (κ3) is 1.45. The minimum Gasteiger partial charge on any atom is -0.387 e.